The first-order chi connectivity index (χ1) is 16.7. The number of esters is 1. The average Bonchev–Trinajstić information content (AvgIpc) is 3.45. The van der Waals surface area contributed by atoms with Crippen LogP contribution < -0.4 is 15.4 Å². The third-order valence-electron chi connectivity index (χ3n) is 6.69. The molecule has 1 aliphatic heterocycles. The van der Waals surface area contributed by atoms with Gasteiger partial charge in [0.25, 0.3) is 5.91 Å². The van der Waals surface area contributed by atoms with E-state index in [-0.39, 0.29) is 11.3 Å². The highest BCUT2D eigenvalue weighted by Crippen LogP contribution is 2.46. The van der Waals surface area contributed by atoms with Gasteiger partial charge < -0.3 is 19.8 Å². The zero-order valence-corrected chi connectivity index (χ0v) is 22.2. The summed E-state index contributed by atoms with van der Waals surface area (Å²) in [6.07, 6.45) is 6.89. The first kappa shape index (κ1) is 23.9. The molecule has 0 fully saturated rings. The van der Waals surface area contributed by atoms with E-state index in [9.17, 15) is 9.59 Å². The molecule has 0 saturated heterocycles. The number of carbonyl (C=O) groups excluding carboxylic acids is 2. The molecule has 0 bridgehead atoms. The Morgan fingerprint density at radius 1 is 1.26 bits per heavy atom. The van der Waals surface area contributed by atoms with Crippen molar-refractivity contribution >= 4 is 50.2 Å². The Morgan fingerprint density at radius 3 is 2.83 bits per heavy atom. The summed E-state index contributed by atoms with van der Waals surface area (Å²) in [6.45, 7) is 6.87. The molecule has 2 aliphatic rings. The van der Waals surface area contributed by atoms with E-state index in [0.29, 0.717) is 23.0 Å². The molecule has 2 aromatic heterocycles. The highest BCUT2D eigenvalue weighted by Gasteiger charge is 2.37. The van der Waals surface area contributed by atoms with Crippen LogP contribution in [0.1, 0.15) is 65.5 Å². The molecule has 3 heterocycles. The summed E-state index contributed by atoms with van der Waals surface area (Å²) in [6, 6.07) is 8.86. The lowest BCUT2D eigenvalue weighted by atomic mass is 9.72. The number of thiophene rings is 1. The van der Waals surface area contributed by atoms with Crippen LogP contribution >= 0.6 is 27.3 Å². The third-order valence-corrected chi connectivity index (χ3v) is 8.37. The highest BCUT2D eigenvalue weighted by molar-refractivity contribution is 9.10. The van der Waals surface area contributed by atoms with E-state index in [1.165, 1.54) is 22.8 Å². The van der Waals surface area contributed by atoms with E-state index in [4.69, 9.17) is 9.15 Å². The second kappa shape index (κ2) is 9.32. The normalized spacial score (nSPS) is 19.6. The Balaban J connectivity index is 1.40. The molecule has 6 nitrogen and oxygen atoms in total. The van der Waals surface area contributed by atoms with E-state index in [0.717, 1.165) is 34.3 Å². The first-order valence-corrected chi connectivity index (χ1v) is 13.2. The molecular formula is C27H27BrN2O4S. The lowest BCUT2D eigenvalue weighted by Crippen LogP contribution is -2.38. The Bertz CT molecular complexity index is 1300. The van der Waals surface area contributed by atoms with Crippen molar-refractivity contribution in [2.24, 2.45) is 11.3 Å². The molecule has 3 aromatic rings. The third kappa shape index (κ3) is 4.95. The molecule has 0 spiro atoms. The smallest absolute Gasteiger partial charge is 0.336 e. The van der Waals surface area contributed by atoms with Gasteiger partial charge in [0, 0.05) is 21.0 Å². The van der Waals surface area contributed by atoms with Gasteiger partial charge in [0.1, 0.15) is 22.7 Å². The minimum Gasteiger partial charge on any atom is -0.465 e. The summed E-state index contributed by atoms with van der Waals surface area (Å²) in [4.78, 5) is 27.0. The number of nitrogens with one attached hydrogen (secondary N) is 2. The van der Waals surface area contributed by atoms with Gasteiger partial charge in [0.2, 0.25) is 0 Å². The van der Waals surface area contributed by atoms with Crippen molar-refractivity contribution in [3.8, 4) is 5.75 Å². The van der Waals surface area contributed by atoms with Crippen LogP contribution in [-0.4, -0.2) is 11.9 Å². The van der Waals surface area contributed by atoms with E-state index in [1.807, 2.05) is 6.07 Å². The number of carbonyl (C=O) groups is 2. The van der Waals surface area contributed by atoms with E-state index >= 15 is 0 Å². The largest absolute Gasteiger partial charge is 0.465 e. The fraction of sp³-hybridized carbons (Fsp3) is 0.333. The topological polar surface area (TPSA) is 80.6 Å². The number of ether oxygens (including phenoxy) is 1. The Kier molecular flexibility index (Phi) is 6.36. The van der Waals surface area contributed by atoms with Crippen LogP contribution in [0.4, 0.5) is 5.00 Å². The quantitative estimate of drug-likeness (QED) is 0.212. The van der Waals surface area contributed by atoms with Crippen molar-refractivity contribution in [3.05, 3.63) is 74.5 Å². The molecule has 0 saturated carbocycles. The minimum absolute atomic E-state index is 0.0922. The standard InChI is InChI=1S/C27H27BrN2O4S/c1-27(2,3)15-6-9-18-21(13-15)35-26-23(18)25(32)29-24(30-26)19-14-16(28)7-10-20(19)34-22(31)11-8-17-5-4-12-33-17/h4-5,7-8,10-12,14-15,24,30H,6,9,13H2,1-3H3,(H,29,32)/b11-8+/t15-,24+/m0/s1. The van der Waals surface area contributed by atoms with Crippen molar-refractivity contribution in [2.75, 3.05) is 5.32 Å². The fourth-order valence-corrected chi connectivity index (χ4v) is 6.44. The number of benzene rings is 1. The van der Waals surface area contributed by atoms with Crippen LogP contribution in [0.15, 0.2) is 51.6 Å². The van der Waals surface area contributed by atoms with Crippen molar-refractivity contribution in [2.45, 2.75) is 46.2 Å². The number of amides is 1. The number of rotatable bonds is 4. The van der Waals surface area contributed by atoms with Gasteiger partial charge in [0.05, 0.1) is 11.8 Å². The predicted octanol–water partition coefficient (Wildman–Crippen LogP) is 6.73. The van der Waals surface area contributed by atoms with Gasteiger partial charge in [-0.2, -0.15) is 0 Å². The van der Waals surface area contributed by atoms with Gasteiger partial charge >= 0.3 is 5.97 Å². The molecule has 182 valence electrons. The summed E-state index contributed by atoms with van der Waals surface area (Å²) < 4.78 is 11.7. The van der Waals surface area contributed by atoms with Crippen LogP contribution in [0.2, 0.25) is 0 Å². The zero-order chi connectivity index (χ0) is 24.7. The molecule has 5 rings (SSSR count). The molecule has 2 N–H and O–H groups in total. The maximum absolute atomic E-state index is 13.2. The summed E-state index contributed by atoms with van der Waals surface area (Å²) >= 11 is 5.18. The van der Waals surface area contributed by atoms with Crippen molar-refractivity contribution in [3.63, 3.8) is 0 Å². The molecule has 0 radical (unpaired) electrons. The zero-order valence-electron chi connectivity index (χ0n) is 19.8. The van der Waals surface area contributed by atoms with Crippen LogP contribution in [0.5, 0.6) is 5.75 Å². The predicted molar refractivity (Wildman–Crippen MR) is 141 cm³/mol. The molecule has 1 aliphatic carbocycles. The maximum atomic E-state index is 13.2. The molecule has 2 atom stereocenters. The first-order valence-electron chi connectivity index (χ1n) is 11.6. The van der Waals surface area contributed by atoms with Crippen molar-refractivity contribution < 1.29 is 18.7 Å². The van der Waals surface area contributed by atoms with Crippen LogP contribution in [0.3, 0.4) is 0 Å². The van der Waals surface area contributed by atoms with Crippen molar-refractivity contribution in [1.82, 2.24) is 5.32 Å². The number of fused-ring (bicyclic) bond motifs is 3. The highest BCUT2D eigenvalue weighted by atomic mass is 79.9. The number of hydrogen-bond donors (Lipinski definition) is 2. The van der Waals surface area contributed by atoms with E-state index < -0.39 is 12.1 Å². The summed E-state index contributed by atoms with van der Waals surface area (Å²) in [7, 11) is 0. The van der Waals surface area contributed by atoms with Crippen LogP contribution in [0.25, 0.3) is 6.08 Å². The second-order valence-corrected chi connectivity index (χ2v) is 12.0. The maximum Gasteiger partial charge on any atom is 0.336 e. The Hall–Kier alpha value is -2.84. The lowest BCUT2D eigenvalue weighted by Gasteiger charge is -2.34. The van der Waals surface area contributed by atoms with E-state index in [1.54, 1.807) is 41.7 Å². The second-order valence-electron chi connectivity index (χ2n) is 10.0. The summed E-state index contributed by atoms with van der Waals surface area (Å²) in [5, 5.41) is 7.45. The van der Waals surface area contributed by atoms with Crippen LogP contribution in [-0.2, 0) is 17.6 Å². The van der Waals surface area contributed by atoms with Gasteiger partial charge in [-0.15, -0.1) is 11.3 Å². The number of hydrogen-bond acceptors (Lipinski definition) is 6. The van der Waals surface area contributed by atoms with Gasteiger partial charge in [-0.3, -0.25) is 4.79 Å². The van der Waals surface area contributed by atoms with Gasteiger partial charge in [-0.05, 0) is 72.6 Å². The number of anilines is 1. The molecular weight excluding hydrogens is 528 g/mol. The van der Waals surface area contributed by atoms with Gasteiger partial charge in [-0.25, -0.2) is 4.79 Å². The average molecular weight is 555 g/mol. The molecule has 1 aromatic carbocycles. The summed E-state index contributed by atoms with van der Waals surface area (Å²) in [5.41, 5.74) is 2.85. The van der Waals surface area contributed by atoms with E-state index in [2.05, 4.69) is 47.3 Å². The molecule has 1 amide bonds. The molecule has 8 heteroatoms. The summed E-state index contributed by atoms with van der Waals surface area (Å²) in [5.74, 6) is 0.900. The van der Waals surface area contributed by atoms with Crippen LogP contribution in [0, 0.1) is 11.3 Å². The number of furan rings is 1. The van der Waals surface area contributed by atoms with Crippen molar-refractivity contribution in [1.29, 1.82) is 0 Å². The molecule has 0 unspecified atom stereocenters. The van der Waals surface area contributed by atoms with Gasteiger partial charge in [-0.1, -0.05) is 36.7 Å². The Labute approximate surface area is 216 Å². The Morgan fingerprint density at radius 2 is 2.09 bits per heavy atom. The number of halogens is 1. The monoisotopic (exact) mass is 554 g/mol. The fourth-order valence-electron chi connectivity index (χ4n) is 4.71. The minimum atomic E-state index is -0.535. The lowest BCUT2D eigenvalue weighted by molar-refractivity contribution is -0.128. The SMILES string of the molecule is CC(C)(C)[C@H]1CCc2c(sc3c2C(=O)N[C@@H](c2cc(Br)ccc2OC(=O)/C=C/c2ccco2)N3)C1. The molecule has 35 heavy (non-hydrogen) atoms. The van der Waals surface area contributed by atoms with Gasteiger partial charge in [0.15, 0.2) is 0 Å².